The SMILES string of the molecule is BrB(Br)Br.CC.CC.CCN1CCC(O)CC1.CCN1CCC(OC)CC1.CCOC(=O)c1cc2ccccc2o1.CN.CNC(=O)c1cc2ccccc2o1.CNC(=O)c1cc2ccccc2o1.CO.CO.COC.ClCCl.O=C(O)c1cc2ccccc2o1. The van der Waals surface area contributed by atoms with E-state index in [4.69, 9.17) is 70.8 Å². The number of piperidine rings is 2. The van der Waals surface area contributed by atoms with E-state index in [2.05, 4.69) is 92.0 Å². The molecule has 2 amide bonds. The maximum Gasteiger partial charge on any atom is 0.374 e. The normalized spacial score (nSPS) is 11.9. The first kappa shape index (κ1) is 92.1. The van der Waals surface area contributed by atoms with Gasteiger partial charge in [-0.2, -0.15) is 0 Å². The van der Waals surface area contributed by atoms with E-state index in [0.29, 0.717) is 35.4 Å². The Labute approximate surface area is 573 Å². The third-order valence-electron chi connectivity index (χ3n) is 11.6. The van der Waals surface area contributed by atoms with Gasteiger partial charge in [0.05, 0.1) is 24.2 Å². The number of hydrogen-bond donors (Lipinski definition) is 7. The molecule has 4 aromatic carbocycles. The number of aliphatic hydroxyl groups excluding tert-OH is 3. The summed E-state index contributed by atoms with van der Waals surface area (Å²) in [6, 6.07) is 36.4. The number of rotatable bonds is 8. The number of carbonyl (C=O) groups is 4. The van der Waals surface area contributed by atoms with Crippen molar-refractivity contribution in [2.45, 2.75) is 86.4 Å². The lowest BCUT2D eigenvalue weighted by molar-refractivity contribution is 0.0427. The fourth-order valence-electron chi connectivity index (χ4n) is 7.50. The Morgan fingerprint density at radius 1 is 0.560 bits per heavy atom. The average Bonchev–Trinajstić information content (AvgIpc) is 2.09. The number of carboxylic acid groups (broad SMARTS) is 1. The number of amides is 2. The number of furan rings is 4. The Bertz CT molecular complexity index is 2790. The summed E-state index contributed by atoms with van der Waals surface area (Å²) in [5.41, 5.74) is 7.28. The number of benzene rings is 4. The van der Waals surface area contributed by atoms with Crippen molar-refractivity contribution in [1.82, 2.24) is 20.4 Å². The van der Waals surface area contributed by atoms with Crippen molar-refractivity contribution in [3.8, 4) is 0 Å². The number of fused-ring (bicyclic) bond motifs is 4. The minimum absolute atomic E-state index is 0.0174. The quantitative estimate of drug-likeness (QED) is 0.0423. The maximum absolute atomic E-state index is 11.3. The van der Waals surface area contributed by atoms with Crippen LogP contribution in [0.15, 0.2) is 139 Å². The van der Waals surface area contributed by atoms with Crippen LogP contribution >= 0.6 is 70.5 Å². The van der Waals surface area contributed by atoms with Crippen LogP contribution in [-0.2, 0) is 14.2 Å². The van der Waals surface area contributed by atoms with Crippen LogP contribution in [0.2, 0.25) is 0 Å². The number of nitrogens with one attached hydrogen (secondary N) is 2. The number of nitrogens with zero attached hydrogens (tertiary/aromatic N) is 2. The van der Waals surface area contributed by atoms with Crippen molar-refractivity contribution in [1.29, 1.82) is 0 Å². The summed E-state index contributed by atoms with van der Waals surface area (Å²) in [5.74, 6) is -0.904. The predicted molar refractivity (Wildman–Crippen MR) is 385 cm³/mol. The summed E-state index contributed by atoms with van der Waals surface area (Å²) in [7, 11) is 11.7. The zero-order valence-corrected chi connectivity index (χ0v) is 61.7. The average molecular weight is 1510 g/mol. The molecule has 91 heavy (non-hydrogen) atoms. The summed E-state index contributed by atoms with van der Waals surface area (Å²) in [6.07, 6.45) is 4.87. The van der Waals surface area contributed by atoms with Gasteiger partial charge in [-0.3, -0.25) is 9.59 Å². The third kappa shape index (κ3) is 40.4. The number of esters is 1. The summed E-state index contributed by atoms with van der Waals surface area (Å²) in [5, 5.41) is 40.5. The zero-order valence-electron chi connectivity index (χ0n) is 55.4. The highest BCUT2D eigenvalue weighted by Gasteiger charge is 2.17. The lowest BCUT2D eigenvalue weighted by Crippen LogP contribution is -2.36. The molecule has 4 aromatic heterocycles. The molecular formula is C65H99BBr3Cl2N5O15. The molecule has 0 bridgehead atoms. The first-order valence-corrected chi connectivity index (χ1v) is 33.1. The first-order valence-electron chi connectivity index (χ1n) is 29.3. The lowest BCUT2D eigenvalue weighted by atomic mass is 10.1. The van der Waals surface area contributed by atoms with Gasteiger partial charge in [0.25, 0.3) is 11.8 Å². The number of hydrogen-bond acceptors (Lipinski definition) is 17. The van der Waals surface area contributed by atoms with Crippen molar-refractivity contribution in [2.24, 2.45) is 5.73 Å². The first-order chi connectivity index (χ1) is 43.9. The van der Waals surface area contributed by atoms with Gasteiger partial charge < -0.3 is 78.5 Å². The van der Waals surface area contributed by atoms with Crippen LogP contribution < -0.4 is 16.4 Å². The minimum Gasteiger partial charge on any atom is -0.475 e. The van der Waals surface area contributed by atoms with Crippen LogP contribution in [0.4, 0.5) is 0 Å². The molecule has 2 fully saturated rings. The van der Waals surface area contributed by atoms with Gasteiger partial charge in [0.15, 0.2) is 11.5 Å². The second-order valence-electron chi connectivity index (χ2n) is 17.1. The highest BCUT2D eigenvalue weighted by Crippen LogP contribution is 2.22. The van der Waals surface area contributed by atoms with Gasteiger partial charge in [-0.1, -0.05) is 114 Å². The number of nitrogens with two attached hydrogens (primary N) is 1. The molecule has 0 radical (unpaired) electrons. The number of ether oxygens (including phenoxy) is 3. The molecule has 0 atom stereocenters. The number of para-hydroxylation sites is 4. The van der Waals surface area contributed by atoms with E-state index in [0.717, 1.165) is 79.4 Å². The Morgan fingerprint density at radius 3 is 1.09 bits per heavy atom. The Balaban J connectivity index is -0.000000473. The second-order valence-corrected chi connectivity index (χ2v) is 24.3. The fourth-order valence-corrected chi connectivity index (χ4v) is 7.50. The van der Waals surface area contributed by atoms with E-state index >= 15 is 0 Å². The molecule has 10 rings (SSSR count). The summed E-state index contributed by atoms with van der Waals surface area (Å²) < 4.78 is 35.6. The van der Waals surface area contributed by atoms with Gasteiger partial charge in [-0.05, 0) is 101 Å². The van der Waals surface area contributed by atoms with E-state index in [9.17, 15) is 19.2 Å². The molecule has 0 spiro atoms. The zero-order chi connectivity index (χ0) is 70.1. The predicted octanol–water partition coefficient (Wildman–Crippen LogP) is 14.6. The number of likely N-dealkylation sites (tertiary alicyclic amines) is 2. The summed E-state index contributed by atoms with van der Waals surface area (Å²) in [6.45, 7) is 21.4. The van der Waals surface area contributed by atoms with Crippen LogP contribution in [0.25, 0.3) is 43.9 Å². The van der Waals surface area contributed by atoms with Crippen LogP contribution in [0.5, 0.6) is 0 Å². The van der Waals surface area contributed by atoms with Crippen molar-refractivity contribution in [2.75, 3.05) is 108 Å². The largest absolute Gasteiger partial charge is 0.475 e. The number of carboxylic acids is 1. The number of aromatic carboxylic acids is 1. The summed E-state index contributed by atoms with van der Waals surface area (Å²) in [4.78, 5) is 49.0. The molecule has 2 aliphatic heterocycles. The van der Waals surface area contributed by atoms with Crippen molar-refractivity contribution >= 4 is 141 Å². The Hall–Kier alpha value is -5.32. The Morgan fingerprint density at radius 2 is 0.824 bits per heavy atom. The molecule has 0 unspecified atom stereocenters. The highest BCUT2D eigenvalue weighted by molar-refractivity contribution is 9.69. The minimum atomic E-state index is -1.04. The molecule has 20 nitrogen and oxygen atoms in total. The topological polar surface area (TPSA) is 286 Å². The van der Waals surface area contributed by atoms with E-state index < -0.39 is 11.9 Å². The number of aliphatic hydroxyl groups is 3. The van der Waals surface area contributed by atoms with Gasteiger partial charge in [0.2, 0.25) is 11.5 Å². The van der Waals surface area contributed by atoms with E-state index in [-0.39, 0.29) is 38.0 Å². The van der Waals surface area contributed by atoms with E-state index in [1.165, 1.54) is 45.6 Å². The Kier molecular flexibility index (Phi) is 61.6. The maximum atomic E-state index is 11.3. The molecule has 8 aromatic rings. The van der Waals surface area contributed by atoms with Crippen LogP contribution in [0, 0.1) is 0 Å². The van der Waals surface area contributed by atoms with Crippen LogP contribution in [0.3, 0.4) is 0 Å². The standard InChI is InChI=1S/C11H10O3.2C10H9NO2.C9H6O3.C8H17NO.C7H15NO.C2H6O.2C2H6.CH2Cl2.CH5N.2CH4O.BBr3/c1-2-13-11(12)10-7-8-5-3-4-6-9(8)14-10;2*1-11-10(12)9-6-7-4-2-3-5-8(7)13-9;10-9(11)8-5-6-3-1-2-4-7(6)12-8;1-3-9-6-4-8(10-2)5-7-9;1-2-8-5-3-7(9)4-6-8;1-3-2;2*1-2;2-1-3;3*1-2;2-1(3)4/h3-7H,2H2,1H3;2*2-6H,1H3,(H,11,12);1-5H,(H,10,11);8H,3-7H2,1-2H3;7,9H,2-6H2,1H3;1-2H3;2*1-2H3;1H2;2H2,1H3;2*2H,1H3;. The molecule has 6 heterocycles. The number of methoxy groups -OCH3 is 2. The molecule has 512 valence electrons. The van der Waals surface area contributed by atoms with E-state index in [1.54, 1.807) is 65.6 Å². The smallest absolute Gasteiger partial charge is 0.374 e. The van der Waals surface area contributed by atoms with Gasteiger partial charge in [-0.15, -0.1) is 70.5 Å². The van der Waals surface area contributed by atoms with Gasteiger partial charge in [0, 0.05) is 97.4 Å². The van der Waals surface area contributed by atoms with Crippen LogP contribution in [0.1, 0.15) is 116 Å². The number of alkyl halides is 2. The number of carbonyl (C=O) groups excluding carboxylic acids is 3. The molecule has 8 N–H and O–H groups in total. The summed E-state index contributed by atoms with van der Waals surface area (Å²) >= 11 is 18.8. The van der Waals surface area contributed by atoms with Gasteiger partial charge in [-0.25, -0.2) is 9.59 Å². The number of halogens is 5. The molecular weight excluding hydrogens is 1410 g/mol. The lowest BCUT2D eigenvalue weighted by Gasteiger charge is -2.29. The third-order valence-corrected chi connectivity index (χ3v) is 11.6. The second kappa shape index (κ2) is 60.9. The molecule has 2 saturated heterocycles. The van der Waals surface area contributed by atoms with Crippen molar-refractivity contribution in [3.05, 3.63) is 144 Å². The van der Waals surface area contributed by atoms with E-state index in [1.807, 2.05) is 120 Å². The molecule has 26 heteroatoms. The van der Waals surface area contributed by atoms with Crippen molar-refractivity contribution < 1.29 is 71.5 Å². The molecule has 0 aliphatic carbocycles. The highest BCUT2D eigenvalue weighted by atomic mass is 79.9. The molecule has 0 saturated carbocycles. The fraction of sp³-hybridized carbons (Fsp3) is 0.446. The van der Waals surface area contributed by atoms with Gasteiger partial charge in [0.1, 0.15) is 22.3 Å². The van der Waals surface area contributed by atoms with Crippen molar-refractivity contribution in [3.63, 3.8) is 0 Å². The monoisotopic (exact) mass is 1510 g/mol. The van der Waals surface area contributed by atoms with Crippen LogP contribution in [-0.4, -0.2) is 177 Å². The molecule has 2 aliphatic rings. The van der Waals surface area contributed by atoms with Gasteiger partial charge >= 0.3 is 15.1 Å².